The predicted octanol–water partition coefficient (Wildman–Crippen LogP) is 8.94. The number of likely N-dealkylation sites (N-methyl/N-ethyl adjacent to an activating group) is 2. The quantitative estimate of drug-likeness (QED) is 0.120. The minimum atomic E-state index is -0.115. The van der Waals surface area contributed by atoms with Crippen LogP contribution in [0.3, 0.4) is 0 Å². The lowest BCUT2D eigenvalue weighted by Crippen LogP contribution is -2.35. The van der Waals surface area contributed by atoms with Crippen LogP contribution in [0.1, 0.15) is 56.6 Å². The van der Waals surface area contributed by atoms with Gasteiger partial charge in [0.2, 0.25) is 5.75 Å². The van der Waals surface area contributed by atoms with Crippen molar-refractivity contribution in [3.8, 4) is 57.5 Å². The average molecular weight is 817 g/mol. The van der Waals surface area contributed by atoms with Crippen molar-refractivity contribution in [3.05, 3.63) is 117 Å². The number of ether oxygens (including phenoxy) is 9. The van der Waals surface area contributed by atoms with E-state index < -0.39 is 0 Å². The number of fused-ring (bicyclic) bond motifs is 2. The summed E-state index contributed by atoms with van der Waals surface area (Å²) in [5.74, 6) is 6.48. The number of hydrogen-bond donors (Lipinski definition) is 0. The zero-order chi connectivity index (χ0) is 41.9. The molecule has 2 atom stereocenters. The summed E-state index contributed by atoms with van der Waals surface area (Å²) in [6.45, 7) is 2.55. The molecule has 0 unspecified atom stereocenters. The summed E-state index contributed by atoms with van der Waals surface area (Å²) in [7, 11) is 14.4. The molecule has 5 aromatic rings. The Morgan fingerprint density at radius 2 is 1.27 bits per heavy atom. The molecule has 5 aromatic carbocycles. The Balaban J connectivity index is 1.27. The minimum Gasteiger partial charge on any atom is -0.493 e. The molecule has 60 heavy (non-hydrogen) atoms. The van der Waals surface area contributed by atoms with Gasteiger partial charge in [-0.25, -0.2) is 0 Å². The fourth-order valence-corrected chi connectivity index (χ4v) is 9.06. The van der Waals surface area contributed by atoms with E-state index in [9.17, 15) is 0 Å². The first-order chi connectivity index (χ1) is 29.3. The Hall–Kier alpha value is -5.62. The lowest BCUT2D eigenvalue weighted by Gasteiger charge is -2.38. The second-order valence-electron chi connectivity index (χ2n) is 15.7. The molecule has 9 rings (SSSR count). The molecule has 11 heteroatoms. The van der Waals surface area contributed by atoms with Crippen molar-refractivity contribution >= 4 is 0 Å². The van der Waals surface area contributed by atoms with Crippen LogP contribution in [0.2, 0.25) is 0 Å². The van der Waals surface area contributed by atoms with Crippen LogP contribution in [0.4, 0.5) is 0 Å². The third-order valence-corrected chi connectivity index (χ3v) is 12.3. The highest BCUT2D eigenvalue weighted by Crippen LogP contribution is 2.54. The molecule has 11 nitrogen and oxygen atoms in total. The molecule has 0 spiro atoms. The summed E-state index contributed by atoms with van der Waals surface area (Å²) < 4.78 is 55.8. The van der Waals surface area contributed by atoms with E-state index in [0.717, 1.165) is 65.9 Å². The van der Waals surface area contributed by atoms with Gasteiger partial charge in [0.15, 0.2) is 46.0 Å². The van der Waals surface area contributed by atoms with Gasteiger partial charge in [0.25, 0.3) is 0 Å². The molecule has 0 fully saturated rings. The van der Waals surface area contributed by atoms with E-state index in [1.54, 1.807) is 42.7 Å². The van der Waals surface area contributed by atoms with Crippen LogP contribution in [0.5, 0.6) is 57.5 Å². The zero-order valence-electron chi connectivity index (χ0n) is 36.0. The molecule has 6 bridgehead atoms. The summed E-state index contributed by atoms with van der Waals surface area (Å²) >= 11 is 0. The van der Waals surface area contributed by atoms with Gasteiger partial charge in [-0.2, -0.15) is 0 Å². The van der Waals surface area contributed by atoms with Crippen LogP contribution in [0, 0.1) is 0 Å². The van der Waals surface area contributed by atoms with E-state index in [1.807, 2.05) is 36.4 Å². The van der Waals surface area contributed by atoms with Crippen molar-refractivity contribution in [2.45, 2.75) is 50.8 Å². The van der Waals surface area contributed by atoms with Crippen molar-refractivity contribution in [2.24, 2.45) is 0 Å². The first-order valence-electron chi connectivity index (χ1n) is 20.6. The molecular formula is C49H56N2O9. The first-order valence-corrected chi connectivity index (χ1v) is 20.6. The van der Waals surface area contributed by atoms with E-state index >= 15 is 0 Å². The molecule has 4 aliphatic heterocycles. The summed E-state index contributed by atoms with van der Waals surface area (Å²) in [6, 6.07) is 24.9. The van der Waals surface area contributed by atoms with Crippen molar-refractivity contribution in [3.63, 3.8) is 0 Å². The highest BCUT2D eigenvalue weighted by atomic mass is 16.5. The molecule has 316 valence electrons. The largest absolute Gasteiger partial charge is 0.493 e. The van der Waals surface area contributed by atoms with Crippen LogP contribution in [0.25, 0.3) is 0 Å². The summed E-state index contributed by atoms with van der Waals surface area (Å²) in [6.07, 6.45) is 3.82. The maximum Gasteiger partial charge on any atom is 0.204 e. The van der Waals surface area contributed by atoms with Gasteiger partial charge >= 0.3 is 0 Å². The second-order valence-corrected chi connectivity index (χ2v) is 15.7. The Bertz CT molecular complexity index is 2330. The molecule has 0 N–H and O–H groups in total. The maximum atomic E-state index is 7.25. The third-order valence-electron chi connectivity index (χ3n) is 12.3. The fourth-order valence-electron chi connectivity index (χ4n) is 9.06. The van der Waals surface area contributed by atoms with Gasteiger partial charge in [-0.05, 0) is 128 Å². The predicted molar refractivity (Wildman–Crippen MR) is 231 cm³/mol. The number of rotatable bonds is 11. The van der Waals surface area contributed by atoms with Gasteiger partial charge in [-0.15, -0.1) is 0 Å². The van der Waals surface area contributed by atoms with Crippen molar-refractivity contribution in [1.82, 2.24) is 9.80 Å². The van der Waals surface area contributed by atoms with E-state index in [-0.39, 0.29) is 12.1 Å². The van der Waals surface area contributed by atoms with Crippen LogP contribution in [-0.2, 0) is 43.4 Å². The first kappa shape index (κ1) is 41.1. The Labute approximate surface area is 353 Å². The summed E-state index contributed by atoms with van der Waals surface area (Å²) in [5.41, 5.74) is 8.96. The molecule has 0 amide bonds. The minimum absolute atomic E-state index is 0.115. The highest BCUT2D eigenvalue weighted by molar-refractivity contribution is 5.67. The van der Waals surface area contributed by atoms with Crippen LogP contribution in [0.15, 0.2) is 72.8 Å². The third kappa shape index (κ3) is 8.01. The van der Waals surface area contributed by atoms with Gasteiger partial charge in [-0.3, -0.25) is 9.80 Å². The van der Waals surface area contributed by atoms with E-state index in [4.69, 9.17) is 42.6 Å². The summed E-state index contributed by atoms with van der Waals surface area (Å²) in [4.78, 5) is 4.81. The Morgan fingerprint density at radius 3 is 2.00 bits per heavy atom. The van der Waals surface area contributed by atoms with Gasteiger partial charge in [-0.1, -0.05) is 24.3 Å². The fraction of sp³-hybridized carbons (Fsp3) is 0.388. The molecule has 4 aliphatic rings. The molecule has 0 saturated carbocycles. The number of nitrogens with zero attached hydrogens (tertiary/aromatic N) is 2. The van der Waals surface area contributed by atoms with Crippen molar-refractivity contribution < 1.29 is 42.6 Å². The molecule has 0 saturated heterocycles. The lowest BCUT2D eigenvalue weighted by atomic mass is 9.84. The number of methoxy groups -OCH3 is 6. The van der Waals surface area contributed by atoms with Gasteiger partial charge in [0, 0.05) is 36.3 Å². The Kier molecular flexibility index (Phi) is 12.3. The number of hydrogen-bond acceptors (Lipinski definition) is 11. The van der Waals surface area contributed by atoms with E-state index in [2.05, 4.69) is 60.3 Å². The maximum absolute atomic E-state index is 7.25. The standard InChI is InChI=1S/C49H56N2O9/c1-50-20-17-33-27-43(55-6)45-28-36(33)38(50)23-30-9-13-34(14-10-30)59-44-26-32(12-16-41(44)53-4)24-39-46-35(18-21-51(39)2)37(47(56-7)49(57-8)48(46)60-45)29-58-22-19-31-11-15-40(52-3)42(25-31)54-5/h9-16,25-28,38-39H,17-24,29H2,1-8H3/t38-,39-/m0/s1. The molecule has 0 aliphatic carbocycles. The lowest BCUT2D eigenvalue weighted by molar-refractivity contribution is 0.119. The van der Waals surface area contributed by atoms with E-state index in [0.29, 0.717) is 77.8 Å². The molecule has 4 heterocycles. The monoisotopic (exact) mass is 816 g/mol. The number of benzene rings is 5. The van der Waals surface area contributed by atoms with Crippen LogP contribution < -0.4 is 37.9 Å². The average Bonchev–Trinajstić information content (AvgIpc) is 3.27. The zero-order valence-corrected chi connectivity index (χ0v) is 36.0. The highest BCUT2D eigenvalue weighted by Gasteiger charge is 2.37. The van der Waals surface area contributed by atoms with Crippen molar-refractivity contribution in [1.29, 1.82) is 0 Å². The van der Waals surface area contributed by atoms with Gasteiger partial charge in [0.05, 0.1) is 55.9 Å². The molecule has 0 aromatic heterocycles. The summed E-state index contributed by atoms with van der Waals surface area (Å²) in [5, 5.41) is 0. The van der Waals surface area contributed by atoms with Crippen molar-refractivity contribution in [2.75, 3.05) is 76.5 Å². The van der Waals surface area contributed by atoms with Gasteiger partial charge in [0.1, 0.15) is 5.75 Å². The second kappa shape index (κ2) is 17.9. The Morgan fingerprint density at radius 1 is 0.600 bits per heavy atom. The smallest absolute Gasteiger partial charge is 0.204 e. The SMILES string of the molecule is COc1ccc(CCOCc2c3c4c(c(OC)c2OC)Oc2cc5c(cc2OC)CCN(C)[C@H]5Cc2ccc(cc2)Oc2cc(ccc2OC)C[C@@H]4N(C)CC3)cc1OC. The molecule has 0 radical (unpaired) electrons. The topological polar surface area (TPSA) is 89.6 Å². The van der Waals surface area contributed by atoms with Crippen LogP contribution >= 0.6 is 0 Å². The normalized spacial score (nSPS) is 17.3. The van der Waals surface area contributed by atoms with Crippen LogP contribution in [-0.4, -0.2) is 86.3 Å². The van der Waals surface area contributed by atoms with Gasteiger partial charge < -0.3 is 42.6 Å². The van der Waals surface area contributed by atoms with E-state index in [1.165, 1.54) is 16.7 Å². The molecular weight excluding hydrogens is 761 g/mol.